The molecular formula is C20H18F5N3O4. The van der Waals surface area contributed by atoms with Gasteiger partial charge >= 0.3 is 6.18 Å². The molecule has 0 saturated carbocycles. The van der Waals surface area contributed by atoms with E-state index in [4.69, 9.17) is 10.5 Å². The molecule has 4 atom stereocenters. The zero-order chi connectivity index (χ0) is 24.0. The molecule has 12 heteroatoms. The number of alkyl halides is 3. The molecule has 1 aromatic carbocycles. The number of carbonyl (C=O) groups is 2. The Hall–Kier alpha value is -3.28. The van der Waals surface area contributed by atoms with Crippen LogP contribution in [0.15, 0.2) is 30.5 Å². The molecule has 3 rings (SSSR count). The van der Waals surface area contributed by atoms with E-state index in [0.717, 1.165) is 32.2 Å². The highest BCUT2D eigenvalue weighted by Crippen LogP contribution is 2.54. The summed E-state index contributed by atoms with van der Waals surface area (Å²) in [5.74, 6) is -9.22. The Balaban J connectivity index is 2.05. The van der Waals surface area contributed by atoms with Crippen molar-refractivity contribution in [2.24, 2.45) is 11.7 Å². The van der Waals surface area contributed by atoms with Crippen LogP contribution in [0.1, 0.15) is 35.8 Å². The van der Waals surface area contributed by atoms with Crippen LogP contribution in [0, 0.1) is 17.6 Å². The van der Waals surface area contributed by atoms with E-state index in [1.807, 2.05) is 0 Å². The number of aromatic hydroxyl groups is 1. The topological polar surface area (TPSA) is 115 Å². The Bertz CT molecular complexity index is 1080. The maximum atomic E-state index is 14.0. The van der Waals surface area contributed by atoms with Gasteiger partial charge in [-0.2, -0.15) is 17.6 Å². The van der Waals surface area contributed by atoms with Crippen molar-refractivity contribution in [2.45, 2.75) is 37.6 Å². The van der Waals surface area contributed by atoms with Crippen molar-refractivity contribution in [1.82, 2.24) is 4.98 Å². The number of nitrogens with one attached hydrogen (secondary N) is 1. The van der Waals surface area contributed by atoms with Crippen molar-refractivity contribution < 1.29 is 41.4 Å². The smallest absolute Gasteiger partial charge is 0.417 e. The molecule has 0 unspecified atom stereocenters. The maximum absolute atomic E-state index is 14.0. The van der Waals surface area contributed by atoms with Crippen LogP contribution in [0.2, 0.25) is 0 Å². The van der Waals surface area contributed by atoms with Gasteiger partial charge < -0.3 is 20.9 Å². The van der Waals surface area contributed by atoms with Gasteiger partial charge in [0.05, 0.1) is 0 Å². The molecular weight excluding hydrogens is 441 g/mol. The standard InChI is InChI=1S/C20H18F5N3O4/c1-8-13(10-3-4-11(21)14(22)15(10)29)16(32-19(8,2)20(23,24)25)18(31)28-9-5-6-27-12(7-9)17(26)30/h3-8,13,16,29H,1-2H3,(H2,26,30)(H,27,28,31)/t8-,13-,16-,19-/m0/s1. The van der Waals surface area contributed by atoms with Crippen molar-refractivity contribution in [2.75, 3.05) is 5.32 Å². The van der Waals surface area contributed by atoms with E-state index in [2.05, 4.69) is 10.3 Å². The Morgan fingerprint density at radius 1 is 1.25 bits per heavy atom. The SMILES string of the molecule is C[C@H]1[C@@H](c2ccc(F)c(F)c2O)[C@@H](C(=O)Nc2ccnc(C(N)=O)c2)O[C@]1(C)C(F)(F)F. The Kier molecular flexibility index (Phi) is 5.85. The number of carbonyl (C=O) groups excluding carboxylic acids is 2. The first-order valence-corrected chi connectivity index (χ1v) is 9.26. The summed E-state index contributed by atoms with van der Waals surface area (Å²) in [6, 6.07) is 3.90. The van der Waals surface area contributed by atoms with E-state index >= 15 is 0 Å². The second kappa shape index (κ2) is 8.01. The zero-order valence-electron chi connectivity index (χ0n) is 16.7. The van der Waals surface area contributed by atoms with Crippen molar-refractivity contribution >= 4 is 17.5 Å². The normalized spacial score (nSPS) is 25.5. The first kappa shape index (κ1) is 23.4. The third-order valence-corrected chi connectivity index (χ3v) is 5.67. The van der Waals surface area contributed by atoms with Gasteiger partial charge in [0.1, 0.15) is 11.8 Å². The molecule has 32 heavy (non-hydrogen) atoms. The maximum Gasteiger partial charge on any atom is 0.417 e. The van der Waals surface area contributed by atoms with E-state index < -0.39 is 64.5 Å². The summed E-state index contributed by atoms with van der Waals surface area (Å²) in [7, 11) is 0. The molecule has 7 nitrogen and oxygen atoms in total. The fourth-order valence-electron chi connectivity index (χ4n) is 3.70. The molecule has 2 heterocycles. The van der Waals surface area contributed by atoms with Crippen molar-refractivity contribution in [3.8, 4) is 5.75 Å². The number of primary amides is 1. The van der Waals surface area contributed by atoms with Gasteiger partial charge in [-0.15, -0.1) is 0 Å². The number of anilines is 1. The number of ether oxygens (including phenoxy) is 1. The highest BCUT2D eigenvalue weighted by Gasteiger charge is 2.65. The minimum absolute atomic E-state index is 0.0103. The number of rotatable bonds is 4. The summed E-state index contributed by atoms with van der Waals surface area (Å²) < 4.78 is 74.0. The number of aromatic nitrogens is 1. The number of halogens is 5. The molecule has 1 aliphatic rings. The highest BCUT2D eigenvalue weighted by molar-refractivity contribution is 5.97. The number of pyridine rings is 1. The lowest BCUT2D eigenvalue weighted by atomic mass is 9.77. The van der Waals surface area contributed by atoms with E-state index in [1.165, 1.54) is 6.07 Å². The summed E-state index contributed by atoms with van der Waals surface area (Å²) in [6.07, 6.45) is -5.63. The molecule has 1 fully saturated rings. The van der Waals surface area contributed by atoms with Crippen LogP contribution in [0.5, 0.6) is 5.75 Å². The zero-order valence-corrected chi connectivity index (χ0v) is 16.7. The van der Waals surface area contributed by atoms with Gasteiger partial charge in [0, 0.05) is 29.3 Å². The average Bonchev–Trinajstić information content (AvgIpc) is 2.99. The number of amides is 2. The predicted octanol–water partition coefficient (Wildman–Crippen LogP) is 3.24. The molecule has 1 saturated heterocycles. The van der Waals surface area contributed by atoms with Gasteiger partial charge in [-0.25, -0.2) is 4.39 Å². The van der Waals surface area contributed by atoms with Crippen LogP contribution >= 0.6 is 0 Å². The van der Waals surface area contributed by atoms with Crippen LogP contribution < -0.4 is 11.1 Å². The number of hydrogen-bond donors (Lipinski definition) is 3. The molecule has 0 radical (unpaired) electrons. The largest absolute Gasteiger partial charge is 0.505 e. The molecule has 1 aliphatic heterocycles. The third-order valence-electron chi connectivity index (χ3n) is 5.67. The summed E-state index contributed by atoms with van der Waals surface area (Å²) in [5, 5.41) is 12.4. The average molecular weight is 459 g/mol. The first-order valence-electron chi connectivity index (χ1n) is 9.26. The van der Waals surface area contributed by atoms with Crippen LogP contribution in [0.3, 0.4) is 0 Å². The van der Waals surface area contributed by atoms with Crippen LogP contribution in [0.4, 0.5) is 27.6 Å². The lowest BCUT2D eigenvalue weighted by molar-refractivity contribution is -0.272. The van der Waals surface area contributed by atoms with Crippen LogP contribution in [-0.4, -0.2) is 39.8 Å². The monoisotopic (exact) mass is 459 g/mol. The van der Waals surface area contributed by atoms with Gasteiger partial charge in [-0.05, 0) is 25.1 Å². The number of hydrogen-bond acceptors (Lipinski definition) is 5. The number of benzene rings is 1. The molecule has 0 aliphatic carbocycles. The fourth-order valence-corrected chi connectivity index (χ4v) is 3.70. The molecule has 172 valence electrons. The van der Waals surface area contributed by atoms with Crippen molar-refractivity contribution in [3.05, 3.63) is 53.4 Å². The summed E-state index contributed by atoms with van der Waals surface area (Å²) in [4.78, 5) is 27.9. The Morgan fingerprint density at radius 2 is 1.91 bits per heavy atom. The van der Waals surface area contributed by atoms with Gasteiger partial charge in [-0.3, -0.25) is 14.6 Å². The second-order valence-electron chi connectivity index (χ2n) is 7.54. The summed E-state index contributed by atoms with van der Waals surface area (Å²) in [5.41, 5.74) is 1.64. The number of phenolic OH excluding ortho intramolecular Hbond substituents is 1. The lowest BCUT2D eigenvalue weighted by Gasteiger charge is -2.31. The Labute approximate surface area is 178 Å². The number of phenols is 1. The number of nitrogens with zero attached hydrogens (tertiary/aromatic N) is 1. The van der Waals surface area contributed by atoms with Gasteiger partial charge in [0.2, 0.25) is 5.82 Å². The molecule has 4 N–H and O–H groups in total. The quantitative estimate of drug-likeness (QED) is 0.608. The molecule has 0 spiro atoms. The highest BCUT2D eigenvalue weighted by atomic mass is 19.4. The third kappa shape index (κ3) is 3.85. The minimum atomic E-state index is -4.93. The van der Waals surface area contributed by atoms with Crippen LogP contribution in [0.25, 0.3) is 0 Å². The van der Waals surface area contributed by atoms with E-state index in [1.54, 1.807) is 0 Å². The van der Waals surface area contributed by atoms with Crippen molar-refractivity contribution in [3.63, 3.8) is 0 Å². The molecule has 0 bridgehead atoms. The van der Waals surface area contributed by atoms with Crippen LogP contribution in [-0.2, 0) is 9.53 Å². The van der Waals surface area contributed by atoms with Gasteiger partial charge in [0.25, 0.3) is 11.8 Å². The van der Waals surface area contributed by atoms with Gasteiger partial charge in [-0.1, -0.05) is 13.0 Å². The van der Waals surface area contributed by atoms with Crippen molar-refractivity contribution in [1.29, 1.82) is 0 Å². The van der Waals surface area contributed by atoms with E-state index in [0.29, 0.717) is 6.07 Å². The Morgan fingerprint density at radius 3 is 2.50 bits per heavy atom. The summed E-state index contributed by atoms with van der Waals surface area (Å²) in [6.45, 7) is 1.86. The number of nitrogens with two attached hydrogens (primary N) is 1. The minimum Gasteiger partial charge on any atom is -0.505 e. The van der Waals surface area contributed by atoms with E-state index in [9.17, 15) is 36.6 Å². The fraction of sp³-hybridized carbons (Fsp3) is 0.350. The van der Waals surface area contributed by atoms with E-state index in [-0.39, 0.29) is 11.4 Å². The molecule has 2 aromatic rings. The van der Waals surface area contributed by atoms with Gasteiger partial charge in [0.15, 0.2) is 17.2 Å². The molecule has 2 amide bonds. The first-order chi connectivity index (χ1) is 14.8. The second-order valence-corrected chi connectivity index (χ2v) is 7.54. The lowest BCUT2D eigenvalue weighted by Crippen LogP contribution is -2.47. The molecule has 1 aromatic heterocycles. The summed E-state index contributed by atoms with van der Waals surface area (Å²) >= 11 is 0. The predicted molar refractivity (Wildman–Crippen MR) is 101 cm³/mol.